The molecule has 122 valence electrons. The first-order valence-electron chi connectivity index (χ1n) is 6.37. The van der Waals surface area contributed by atoms with Crippen LogP contribution < -0.4 is 0 Å². The molecule has 0 aliphatic carbocycles. The van der Waals surface area contributed by atoms with Gasteiger partial charge in [-0.3, -0.25) is 0 Å². The maximum absolute atomic E-state index is 11.3. The van der Waals surface area contributed by atoms with Gasteiger partial charge < -0.3 is 20.1 Å². The van der Waals surface area contributed by atoms with E-state index in [1.807, 2.05) is 0 Å². The molecule has 0 aliphatic heterocycles. The number of carbonyl (C=O) groups is 4. The van der Waals surface area contributed by atoms with Crippen molar-refractivity contribution < 1.29 is 39.2 Å². The zero-order valence-corrected chi connectivity index (χ0v) is 12.1. The predicted octanol–water partition coefficient (Wildman–Crippen LogP) is 1.44. The van der Waals surface area contributed by atoms with Crippen LogP contribution in [0.4, 0.5) is 0 Å². The smallest absolute Gasteiger partial charge is 0.336 e. The van der Waals surface area contributed by atoms with Gasteiger partial charge in [0, 0.05) is 12.5 Å². The van der Waals surface area contributed by atoms with Crippen LogP contribution in [0, 0.1) is 0 Å². The number of aromatic carboxylic acids is 3. The van der Waals surface area contributed by atoms with Gasteiger partial charge in [-0.05, 0) is 24.6 Å². The van der Waals surface area contributed by atoms with Crippen molar-refractivity contribution in [1.82, 2.24) is 0 Å². The van der Waals surface area contributed by atoms with Gasteiger partial charge in [-0.2, -0.15) is 0 Å². The molecule has 3 N–H and O–H groups in total. The van der Waals surface area contributed by atoms with E-state index in [1.54, 1.807) is 0 Å². The lowest BCUT2D eigenvalue weighted by molar-refractivity contribution is -0.142. The lowest BCUT2D eigenvalue weighted by Gasteiger charge is -2.15. The summed E-state index contributed by atoms with van der Waals surface area (Å²) in [7, 11) is 0. The second-order valence-electron chi connectivity index (χ2n) is 4.63. The Morgan fingerprint density at radius 2 is 1.52 bits per heavy atom. The molecule has 0 spiro atoms. The molecule has 1 atom stereocenters. The van der Waals surface area contributed by atoms with Crippen molar-refractivity contribution in [2.75, 3.05) is 0 Å². The molecule has 23 heavy (non-hydrogen) atoms. The Balaban J connectivity index is 3.34. The van der Waals surface area contributed by atoms with Crippen LogP contribution in [0.2, 0.25) is 0 Å². The van der Waals surface area contributed by atoms with Crippen LogP contribution in [0.5, 0.6) is 0 Å². The summed E-state index contributed by atoms with van der Waals surface area (Å²) in [6, 6.07) is 1.75. The standard InChI is InChI=1S/C15H14O8/c1-3-12(16)23-7(2)4-8-5-10(14(19)20)11(15(21)22)6-9(8)13(17)18/h3,5-7H,1,4H2,2H3,(H,17,18)(H,19,20)(H,21,22). The summed E-state index contributed by atoms with van der Waals surface area (Å²) in [6.45, 7) is 4.71. The molecule has 1 aromatic carbocycles. The SMILES string of the molecule is C=CC(=O)OC(C)Cc1cc(C(=O)O)c(C(=O)O)cc1C(=O)O. The Morgan fingerprint density at radius 3 is 1.96 bits per heavy atom. The van der Waals surface area contributed by atoms with Gasteiger partial charge in [0.1, 0.15) is 6.10 Å². The molecular weight excluding hydrogens is 308 g/mol. The summed E-state index contributed by atoms with van der Waals surface area (Å²) in [5.41, 5.74) is -1.49. The average molecular weight is 322 g/mol. The summed E-state index contributed by atoms with van der Waals surface area (Å²) >= 11 is 0. The van der Waals surface area contributed by atoms with Crippen LogP contribution in [0.25, 0.3) is 0 Å². The van der Waals surface area contributed by atoms with E-state index in [-0.39, 0.29) is 17.5 Å². The van der Waals surface area contributed by atoms with Crippen molar-refractivity contribution in [2.45, 2.75) is 19.4 Å². The zero-order valence-electron chi connectivity index (χ0n) is 12.1. The fourth-order valence-electron chi connectivity index (χ4n) is 1.96. The number of benzene rings is 1. The lowest BCUT2D eigenvalue weighted by Crippen LogP contribution is -2.19. The fraction of sp³-hybridized carbons (Fsp3) is 0.200. The van der Waals surface area contributed by atoms with Crippen LogP contribution in [0.15, 0.2) is 24.8 Å². The minimum Gasteiger partial charge on any atom is -0.478 e. The molecule has 8 nitrogen and oxygen atoms in total. The maximum atomic E-state index is 11.3. The summed E-state index contributed by atoms with van der Waals surface area (Å²) in [6.07, 6.45) is 0.0857. The maximum Gasteiger partial charge on any atom is 0.336 e. The van der Waals surface area contributed by atoms with Crippen molar-refractivity contribution >= 4 is 23.9 Å². The summed E-state index contributed by atoms with van der Waals surface area (Å²) < 4.78 is 4.90. The van der Waals surface area contributed by atoms with E-state index in [2.05, 4.69) is 6.58 Å². The van der Waals surface area contributed by atoms with Crippen LogP contribution >= 0.6 is 0 Å². The lowest BCUT2D eigenvalue weighted by atomic mass is 9.95. The minimum absolute atomic E-state index is 0.0456. The van der Waals surface area contributed by atoms with Gasteiger partial charge in [0.15, 0.2) is 0 Å². The Morgan fingerprint density at radius 1 is 1.04 bits per heavy atom. The third kappa shape index (κ3) is 4.40. The molecule has 0 amide bonds. The van der Waals surface area contributed by atoms with Crippen LogP contribution in [0.1, 0.15) is 43.6 Å². The Bertz CT molecular complexity index is 689. The molecule has 8 heteroatoms. The molecule has 0 aromatic heterocycles. The molecule has 0 radical (unpaired) electrons. The summed E-state index contributed by atoms with van der Waals surface area (Å²) in [5, 5.41) is 27.3. The van der Waals surface area contributed by atoms with Gasteiger partial charge in [0.2, 0.25) is 0 Å². The Labute approximate surface area is 130 Å². The van der Waals surface area contributed by atoms with Crippen LogP contribution in [-0.2, 0) is 16.0 Å². The first-order valence-corrected chi connectivity index (χ1v) is 6.37. The van der Waals surface area contributed by atoms with Crippen molar-refractivity contribution in [3.63, 3.8) is 0 Å². The molecule has 1 unspecified atom stereocenters. The van der Waals surface area contributed by atoms with E-state index in [1.165, 1.54) is 6.92 Å². The van der Waals surface area contributed by atoms with E-state index in [0.717, 1.165) is 18.2 Å². The summed E-state index contributed by atoms with van der Waals surface area (Å²) in [5.74, 6) is -5.18. The van der Waals surface area contributed by atoms with Gasteiger partial charge >= 0.3 is 23.9 Å². The third-order valence-corrected chi connectivity index (χ3v) is 2.93. The number of esters is 1. The first kappa shape index (κ1) is 17.9. The predicted molar refractivity (Wildman–Crippen MR) is 76.8 cm³/mol. The van der Waals surface area contributed by atoms with E-state index in [4.69, 9.17) is 14.9 Å². The van der Waals surface area contributed by atoms with Crippen molar-refractivity contribution in [3.8, 4) is 0 Å². The molecule has 0 fully saturated rings. The van der Waals surface area contributed by atoms with E-state index < -0.39 is 41.1 Å². The number of rotatable bonds is 7. The number of hydrogen-bond donors (Lipinski definition) is 3. The number of carboxylic acids is 3. The normalized spacial score (nSPS) is 11.3. The van der Waals surface area contributed by atoms with Gasteiger partial charge in [0.05, 0.1) is 16.7 Å². The zero-order chi connectivity index (χ0) is 17.7. The van der Waals surface area contributed by atoms with Crippen LogP contribution in [-0.4, -0.2) is 45.3 Å². The van der Waals surface area contributed by atoms with Gasteiger partial charge in [-0.25, -0.2) is 19.2 Å². The van der Waals surface area contributed by atoms with E-state index >= 15 is 0 Å². The molecule has 1 rings (SSSR count). The Kier molecular flexibility index (Phi) is 5.61. The molecule has 0 bridgehead atoms. The highest BCUT2D eigenvalue weighted by Gasteiger charge is 2.23. The number of carbonyl (C=O) groups excluding carboxylic acids is 1. The van der Waals surface area contributed by atoms with Gasteiger partial charge in [0.25, 0.3) is 0 Å². The minimum atomic E-state index is -1.55. The second kappa shape index (κ2) is 7.21. The van der Waals surface area contributed by atoms with Gasteiger partial charge in [-0.15, -0.1) is 0 Å². The van der Waals surface area contributed by atoms with Crippen molar-refractivity contribution in [1.29, 1.82) is 0 Å². The largest absolute Gasteiger partial charge is 0.478 e. The number of hydrogen-bond acceptors (Lipinski definition) is 5. The Hall–Kier alpha value is -3.16. The topological polar surface area (TPSA) is 138 Å². The van der Waals surface area contributed by atoms with E-state index in [0.29, 0.717) is 0 Å². The highest BCUT2D eigenvalue weighted by molar-refractivity contribution is 6.04. The molecule has 0 saturated heterocycles. The highest BCUT2D eigenvalue weighted by Crippen LogP contribution is 2.20. The highest BCUT2D eigenvalue weighted by atomic mass is 16.5. The number of ether oxygens (including phenoxy) is 1. The van der Waals surface area contributed by atoms with Crippen LogP contribution in [0.3, 0.4) is 0 Å². The second-order valence-corrected chi connectivity index (χ2v) is 4.63. The average Bonchev–Trinajstić information content (AvgIpc) is 2.45. The molecule has 0 saturated carbocycles. The molecule has 1 aromatic rings. The van der Waals surface area contributed by atoms with E-state index in [9.17, 15) is 24.3 Å². The third-order valence-electron chi connectivity index (χ3n) is 2.93. The monoisotopic (exact) mass is 322 g/mol. The molecular formula is C15H14O8. The quantitative estimate of drug-likeness (QED) is 0.506. The number of carboxylic acid groups (broad SMARTS) is 3. The van der Waals surface area contributed by atoms with Gasteiger partial charge in [-0.1, -0.05) is 6.58 Å². The van der Waals surface area contributed by atoms with Crippen molar-refractivity contribution in [3.05, 3.63) is 47.0 Å². The molecule has 0 heterocycles. The first-order chi connectivity index (χ1) is 10.7. The fourth-order valence-corrected chi connectivity index (χ4v) is 1.96. The molecule has 0 aliphatic rings. The summed E-state index contributed by atoms with van der Waals surface area (Å²) in [4.78, 5) is 44.6. The van der Waals surface area contributed by atoms with Crippen molar-refractivity contribution in [2.24, 2.45) is 0 Å².